The first kappa shape index (κ1) is 8.83. The second kappa shape index (κ2) is 3.78. The minimum Gasteiger partial charge on any atom is -0.481 e. The summed E-state index contributed by atoms with van der Waals surface area (Å²) in [7, 11) is 0. The van der Waals surface area contributed by atoms with Crippen molar-refractivity contribution in [1.29, 1.82) is 0 Å². The van der Waals surface area contributed by atoms with E-state index in [4.69, 9.17) is 10.2 Å². The predicted octanol–water partition coefficient (Wildman–Crippen LogP) is -0.612. The van der Waals surface area contributed by atoms with Crippen LogP contribution in [0.25, 0.3) is 0 Å². The molecule has 0 saturated heterocycles. The van der Waals surface area contributed by atoms with Gasteiger partial charge in [-0.2, -0.15) is 0 Å². The number of carboxylic acids is 2. The average molecular weight is 151 g/mol. The molecule has 0 aromatic rings. The number of carboxylic acid groups (broad SMARTS) is 2. The zero-order valence-electron chi connectivity index (χ0n) is 4.87. The lowest BCUT2D eigenvalue weighted by molar-refractivity contribution is -0.147. The first-order valence-corrected chi connectivity index (χ1v) is 2.38. The van der Waals surface area contributed by atoms with E-state index in [2.05, 4.69) is 0 Å². The molecule has 0 radical (unpaired) electrons. The number of carbonyl (C=O) groups is 2. The van der Waals surface area contributed by atoms with Gasteiger partial charge in [0.2, 0.25) is 0 Å². The summed E-state index contributed by atoms with van der Waals surface area (Å²) in [6.45, 7) is 0. The standard InChI is InChI=1S/C4H6FNO4/c5-6-2(4(9)10)1-3(7)8/h2,6H,1H2,(H,7,8)(H,9,10). The fourth-order valence-electron chi connectivity index (χ4n) is 0.347. The van der Waals surface area contributed by atoms with Crippen LogP contribution in [0, 0.1) is 0 Å². The summed E-state index contributed by atoms with van der Waals surface area (Å²) in [5, 5.41) is 16.1. The monoisotopic (exact) mass is 151 g/mol. The third-order valence-electron chi connectivity index (χ3n) is 0.809. The number of nitrogens with one attached hydrogen (secondary N) is 1. The Morgan fingerprint density at radius 2 is 2.00 bits per heavy atom. The van der Waals surface area contributed by atoms with Gasteiger partial charge in [0.05, 0.1) is 6.42 Å². The molecule has 0 amide bonds. The smallest absolute Gasteiger partial charge is 0.323 e. The second-order valence-corrected chi connectivity index (χ2v) is 1.60. The van der Waals surface area contributed by atoms with Gasteiger partial charge in [-0.05, 0) is 0 Å². The third kappa shape index (κ3) is 2.98. The van der Waals surface area contributed by atoms with Gasteiger partial charge in [-0.25, -0.2) is 0 Å². The lowest BCUT2D eigenvalue weighted by atomic mass is 10.2. The molecule has 58 valence electrons. The van der Waals surface area contributed by atoms with E-state index in [1.165, 1.54) is 0 Å². The van der Waals surface area contributed by atoms with Crippen LogP contribution in [-0.2, 0) is 9.59 Å². The second-order valence-electron chi connectivity index (χ2n) is 1.60. The van der Waals surface area contributed by atoms with E-state index in [0.717, 1.165) is 5.54 Å². The Hall–Kier alpha value is -1.17. The summed E-state index contributed by atoms with van der Waals surface area (Å²) >= 11 is 0. The first-order valence-electron chi connectivity index (χ1n) is 2.38. The number of hydrogen-bond donors (Lipinski definition) is 3. The van der Waals surface area contributed by atoms with Gasteiger partial charge in [0, 0.05) is 0 Å². The molecule has 1 unspecified atom stereocenters. The van der Waals surface area contributed by atoms with Crippen molar-refractivity contribution in [1.82, 2.24) is 5.54 Å². The zero-order valence-corrected chi connectivity index (χ0v) is 4.87. The van der Waals surface area contributed by atoms with Crippen LogP contribution < -0.4 is 5.54 Å². The molecule has 0 heterocycles. The Bertz CT molecular complexity index is 148. The lowest BCUT2D eigenvalue weighted by Crippen LogP contribution is -2.33. The highest BCUT2D eigenvalue weighted by molar-refractivity contribution is 5.80. The molecule has 0 bridgehead atoms. The summed E-state index contributed by atoms with van der Waals surface area (Å²) < 4.78 is 11.4. The molecule has 0 aromatic carbocycles. The highest BCUT2D eigenvalue weighted by atomic mass is 19.2. The molecule has 0 aliphatic carbocycles. The molecule has 10 heavy (non-hydrogen) atoms. The number of rotatable bonds is 4. The van der Waals surface area contributed by atoms with Gasteiger partial charge < -0.3 is 10.2 Å². The van der Waals surface area contributed by atoms with Gasteiger partial charge in [0.25, 0.3) is 0 Å². The number of hydrogen-bond acceptors (Lipinski definition) is 3. The van der Waals surface area contributed by atoms with E-state index < -0.39 is 24.4 Å². The lowest BCUT2D eigenvalue weighted by Gasteiger charge is -2.02. The largest absolute Gasteiger partial charge is 0.481 e. The quantitative estimate of drug-likeness (QED) is 0.466. The van der Waals surface area contributed by atoms with E-state index in [0.29, 0.717) is 0 Å². The number of aliphatic carboxylic acids is 2. The highest BCUT2D eigenvalue weighted by Crippen LogP contribution is 1.91. The summed E-state index contributed by atoms with van der Waals surface area (Å²) in [5.41, 5.74) is 0.852. The van der Waals surface area contributed by atoms with E-state index in [-0.39, 0.29) is 0 Å². The molecule has 0 aliphatic rings. The Morgan fingerprint density at radius 1 is 1.50 bits per heavy atom. The van der Waals surface area contributed by atoms with Crippen molar-refractivity contribution in [2.45, 2.75) is 12.5 Å². The van der Waals surface area contributed by atoms with Crippen molar-refractivity contribution in [3.05, 3.63) is 0 Å². The normalized spacial score (nSPS) is 12.5. The molecule has 1 atom stereocenters. The Kier molecular flexibility index (Phi) is 3.34. The van der Waals surface area contributed by atoms with Gasteiger partial charge in [-0.15, -0.1) is 10.0 Å². The molecule has 0 rings (SSSR count). The van der Waals surface area contributed by atoms with Crippen LogP contribution in [-0.4, -0.2) is 28.2 Å². The Balaban J connectivity index is 3.83. The molecular formula is C4H6FNO4. The van der Waals surface area contributed by atoms with E-state index in [1.54, 1.807) is 0 Å². The summed E-state index contributed by atoms with van der Waals surface area (Å²) in [5.74, 6) is -2.89. The molecule has 6 heteroatoms. The van der Waals surface area contributed by atoms with Crippen LogP contribution >= 0.6 is 0 Å². The molecule has 0 aliphatic heterocycles. The topological polar surface area (TPSA) is 86.6 Å². The van der Waals surface area contributed by atoms with E-state index in [9.17, 15) is 14.1 Å². The fraction of sp³-hybridized carbons (Fsp3) is 0.500. The maximum absolute atomic E-state index is 11.4. The minimum atomic E-state index is -1.66. The summed E-state index contributed by atoms with van der Waals surface area (Å²) in [4.78, 5) is 19.7. The van der Waals surface area contributed by atoms with Crippen LogP contribution in [0.1, 0.15) is 6.42 Å². The van der Waals surface area contributed by atoms with Crippen molar-refractivity contribution in [2.75, 3.05) is 0 Å². The first-order chi connectivity index (χ1) is 4.57. The van der Waals surface area contributed by atoms with Gasteiger partial charge in [0.15, 0.2) is 0 Å². The molecule has 0 aromatic heterocycles. The van der Waals surface area contributed by atoms with Gasteiger partial charge in [-0.3, -0.25) is 9.59 Å². The summed E-state index contributed by atoms with van der Waals surface area (Å²) in [6.07, 6.45) is -0.772. The Labute approximate surface area is 55.4 Å². The van der Waals surface area contributed by atoms with Gasteiger partial charge in [-0.1, -0.05) is 0 Å². The zero-order chi connectivity index (χ0) is 8.15. The summed E-state index contributed by atoms with van der Waals surface area (Å²) in [6, 6.07) is -1.66. The van der Waals surface area contributed by atoms with Gasteiger partial charge in [0.1, 0.15) is 6.04 Å². The van der Waals surface area contributed by atoms with Crippen molar-refractivity contribution in [3.8, 4) is 0 Å². The predicted molar refractivity (Wildman–Crippen MR) is 27.9 cm³/mol. The van der Waals surface area contributed by atoms with Crippen LogP contribution in [0.4, 0.5) is 4.48 Å². The number of halogens is 1. The van der Waals surface area contributed by atoms with Crippen LogP contribution in [0.3, 0.4) is 0 Å². The van der Waals surface area contributed by atoms with Crippen LogP contribution in [0.15, 0.2) is 0 Å². The third-order valence-corrected chi connectivity index (χ3v) is 0.809. The van der Waals surface area contributed by atoms with E-state index in [1.807, 2.05) is 0 Å². The molecule has 5 nitrogen and oxygen atoms in total. The Morgan fingerprint density at radius 3 is 2.10 bits per heavy atom. The maximum atomic E-state index is 11.4. The van der Waals surface area contributed by atoms with E-state index >= 15 is 0 Å². The molecule has 0 saturated carbocycles. The van der Waals surface area contributed by atoms with Gasteiger partial charge >= 0.3 is 11.9 Å². The SMILES string of the molecule is O=C(O)CC(NF)C(=O)O. The van der Waals surface area contributed by atoms with Crippen molar-refractivity contribution in [2.24, 2.45) is 0 Å². The molecule has 3 N–H and O–H groups in total. The van der Waals surface area contributed by atoms with Crippen LogP contribution in [0.5, 0.6) is 0 Å². The van der Waals surface area contributed by atoms with Crippen LogP contribution in [0.2, 0.25) is 0 Å². The highest BCUT2D eigenvalue weighted by Gasteiger charge is 2.19. The van der Waals surface area contributed by atoms with Crippen molar-refractivity contribution in [3.63, 3.8) is 0 Å². The molecular weight excluding hydrogens is 145 g/mol. The molecule has 0 fully saturated rings. The minimum absolute atomic E-state index is 0.772. The fourth-order valence-corrected chi connectivity index (χ4v) is 0.347. The van der Waals surface area contributed by atoms with Crippen molar-refractivity contribution < 1.29 is 24.3 Å². The van der Waals surface area contributed by atoms with Crippen molar-refractivity contribution >= 4 is 11.9 Å². The maximum Gasteiger partial charge on any atom is 0.323 e. The molecule has 0 spiro atoms. The average Bonchev–Trinajstić information content (AvgIpc) is 1.81.